The van der Waals surface area contributed by atoms with Crippen LogP contribution in [0.3, 0.4) is 0 Å². The number of halogens is 2. The maximum Gasteiger partial charge on any atom is 0.236 e. The predicted octanol–water partition coefficient (Wildman–Crippen LogP) is 2.64. The second-order valence-corrected chi connectivity index (χ2v) is 5.82. The second kappa shape index (κ2) is 3.50. The van der Waals surface area contributed by atoms with Crippen molar-refractivity contribution < 1.29 is 17.2 Å². The Kier molecular flexibility index (Phi) is 2.44. The van der Waals surface area contributed by atoms with Crippen molar-refractivity contribution in [2.45, 2.75) is 5.75 Å². The van der Waals surface area contributed by atoms with E-state index in [1.165, 1.54) is 18.4 Å². The van der Waals surface area contributed by atoms with E-state index in [0.717, 1.165) is 6.07 Å². The molecule has 0 amide bonds. The number of hydrogen-bond donors (Lipinski definition) is 0. The van der Waals surface area contributed by atoms with Gasteiger partial charge in [-0.15, -0.1) is 0 Å². The van der Waals surface area contributed by atoms with Crippen LogP contribution < -0.4 is 0 Å². The largest absolute Gasteiger partial charge is 0.464 e. The lowest BCUT2D eigenvalue weighted by Crippen LogP contribution is -1.98. The second-order valence-electron chi connectivity index (χ2n) is 3.04. The molecule has 80 valence electrons. The van der Waals surface area contributed by atoms with E-state index < -0.39 is 20.6 Å². The van der Waals surface area contributed by atoms with Crippen LogP contribution in [0.1, 0.15) is 5.56 Å². The van der Waals surface area contributed by atoms with Crippen LogP contribution in [0.2, 0.25) is 0 Å². The van der Waals surface area contributed by atoms with Crippen molar-refractivity contribution in [1.29, 1.82) is 0 Å². The van der Waals surface area contributed by atoms with Crippen LogP contribution in [0.15, 0.2) is 28.9 Å². The van der Waals surface area contributed by atoms with Crippen LogP contribution in [0, 0.1) is 5.82 Å². The molecule has 0 aliphatic carbocycles. The van der Waals surface area contributed by atoms with Gasteiger partial charge in [0.15, 0.2) is 0 Å². The lowest BCUT2D eigenvalue weighted by Gasteiger charge is -2.01. The first-order valence-corrected chi connectivity index (χ1v) is 6.52. The molecular formula is C9H6ClFO3S. The smallest absolute Gasteiger partial charge is 0.236 e. The molecule has 0 atom stereocenters. The maximum absolute atomic E-state index is 13.4. The van der Waals surface area contributed by atoms with E-state index >= 15 is 0 Å². The Morgan fingerprint density at radius 1 is 1.33 bits per heavy atom. The molecule has 0 radical (unpaired) electrons. The lowest BCUT2D eigenvalue weighted by molar-refractivity contribution is 0.596. The van der Waals surface area contributed by atoms with Gasteiger partial charge in [-0.3, -0.25) is 0 Å². The van der Waals surface area contributed by atoms with Gasteiger partial charge in [0, 0.05) is 21.6 Å². The van der Waals surface area contributed by atoms with Crippen molar-refractivity contribution in [3.8, 4) is 0 Å². The van der Waals surface area contributed by atoms with E-state index in [1.54, 1.807) is 0 Å². The molecule has 2 rings (SSSR count). The SMILES string of the molecule is O=S(=O)(Cl)Cc1c(F)ccc2occc12. The molecule has 0 unspecified atom stereocenters. The van der Waals surface area contributed by atoms with Gasteiger partial charge in [0.2, 0.25) is 9.05 Å². The van der Waals surface area contributed by atoms with E-state index in [2.05, 4.69) is 0 Å². The molecule has 1 aromatic heterocycles. The van der Waals surface area contributed by atoms with Crippen LogP contribution in [-0.2, 0) is 14.8 Å². The van der Waals surface area contributed by atoms with Crippen LogP contribution in [0.25, 0.3) is 11.0 Å². The number of furan rings is 1. The van der Waals surface area contributed by atoms with E-state index in [9.17, 15) is 12.8 Å². The number of hydrogen-bond acceptors (Lipinski definition) is 3. The third kappa shape index (κ3) is 2.13. The number of benzene rings is 1. The molecule has 6 heteroatoms. The minimum atomic E-state index is -3.78. The Hall–Kier alpha value is -1.07. The van der Waals surface area contributed by atoms with Gasteiger partial charge in [0.1, 0.15) is 11.4 Å². The van der Waals surface area contributed by atoms with Gasteiger partial charge in [-0.2, -0.15) is 0 Å². The topological polar surface area (TPSA) is 47.3 Å². The molecular weight excluding hydrogens is 243 g/mol. The Labute approximate surface area is 89.9 Å². The third-order valence-electron chi connectivity index (χ3n) is 2.01. The Bertz CT molecular complexity index is 603. The molecule has 0 aliphatic heterocycles. The summed E-state index contributed by atoms with van der Waals surface area (Å²) in [5, 5.41) is 0.430. The van der Waals surface area contributed by atoms with Crippen molar-refractivity contribution >= 4 is 30.7 Å². The molecule has 0 saturated heterocycles. The molecule has 0 spiro atoms. The fourth-order valence-corrected chi connectivity index (χ4v) is 2.36. The van der Waals surface area contributed by atoms with E-state index in [4.69, 9.17) is 15.1 Å². The highest BCUT2D eigenvalue weighted by Crippen LogP contribution is 2.25. The molecule has 0 aliphatic rings. The Morgan fingerprint density at radius 2 is 2.07 bits per heavy atom. The maximum atomic E-state index is 13.4. The lowest BCUT2D eigenvalue weighted by atomic mass is 10.1. The molecule has 2 aromatic rings. The highest BCUT2D eigenvalue weighted by molar-refractivity contribution is 8.13. The van der Waals surface area contributed by atoms with Gasteiger partial charge < -0.3 is 4.42 Å². The summed E-state index contributed by atoms with van der Waals surface area (Å²) < 4.78 is 40.2. The minimum absolute atomic E-state index is 0.0382. The fourth-order valence-electron chi connectivity index (χ4n) is 1.40. The third-order valence-corrected chi connectivity index (χ3v) is 2.97. The van der Waals surface area contributed by atoms with Crippen molar-refractivity contribution in [3.05, 3.63) is 35.8 Å². The fraction of sp³-hybridized carbons (Fsp3) is 0.111. The van der Waals surface area contributed by atoms with E-state index in [1.807, 2.05) is 0 Å². The Morgan fingerprint density at radius 3 is 2.73 bits per heavy atom. The Balaban J connectivity index is 2.67. The van der Waals surface area contributed by atoms with Crippen LogP contribution in [0.5, 0.6) is 0 Å². The van der Waals surface area contributed by atoms with Crippen LogP contribution >= 0.6 is 10.7 Å². The normalized spacial score (nSPS) is 12.1. The molecule has 3 nitrogen and oxygen atoms in total. The highest BCUT2D eigenvalue weighted by atomic mass is 35.7. The zero-order valence-corrected chi connectivity index (χ0v) is 8.98. The summed E-state index contributed by atoms with van der Waals surface area (Å²) in [5.74, 6) is -1.15. The van der Waals surface area contributed by atoms with Gasteiger partial charge in [0.05, 0.1) is 12.0 Å². The van der Waals surface area contributed by atoms with Gasteiger partial charge >= 0.3 is 0 Å². The summed E-state index contributed by atoms with van der Waals surface area (Å²) >= 11 is 0. The van der Waals surface area contributed by atoms with Gasteiger partial charge in [-0.1, -0.05) is 0 Å². The van der Waals surface area contributed by atoms with E-state index in [0.29, 0.717) is 11.0 Å². The summed E-state index contributed by atoms with van der Waals surface area (Å²) in [6.45, 7) is 0. The first-order chi connectivity index (χ1) is 6.97. The number of fused-ring (bicyclic) bond motifs is 1. The molecule has 1 heterocycles. The molecule has 0 saturated carbocycles. The summed E-state index contributed by atoms with van der Waals surface area (Å²) in [4.78, 5) is 0. The van der Waals surface area contributed by atoms with Gasteiger partial charge in [0.25, 0.3) is 0 Å². The van der Waals surface area contributed by atoms with Crippen molar-refractivity contribution in [1.82, 2.24) is 0 Å². The van der Waals surface area contributed by atoms with Crippen LogP contribution in [-0.4, -0.2) is 8.42 Å². The quantitative estimate of drug-likeness (QED) is 0.768. The molecule has 0 bridgehead atoms. The monoisotopic (exact) mass is 248 g/mol. The average Bonchev–Trinajstić information content (AvgIpc) is 2.56. The number of rotatable bonds is 2. The van der Waals surface area contributed by atoms with Crippen molar-refractivity contribution in [2.75, 3.05) is 0 Å². The molecule has 15 heavy (non-hydrogen) atoms. The summed E-state index contributed by atoms with van der Waals surface area (Å²) in [5.41, 5.74) is 0.475. The summed E-state index contributed by atoms with van der Waals surface area (Å²) in [6, 6.07) is 4.11. The highest BCUT2D eigenvalue weighted by Gasteiger charge is 2.15. The molecule has 0 N–H and O–H groups in total. The predicted molar refractivity (Wildman–Crippen MR) is 54.6 cm³/mol. The first kappa shape index (κ1) is 10.4. The zero-order chi connectivity index (χ0) is 11.1. The summed E-state index contributed by atoms with van der Waals surface area (Å²) in [7, 11) is 1.30. The van der Waals surface area contributed by atoms with Gasteiger partial charge in [-0.05, 0) is 18.2 Å². The minimum Gasteiger partial charge on any atom is -0.464 e. The standard InChI is InChI=1S/C9H6ClFO3S/c10-15(12,13)5-7-6-3-4-14-9(6)2-1-8(7)11/h1-4H,5H2. The molecule has 0 fully saturated rings. The van der Waals surface area contributed by atoms with Crippen LogP contribution in [0.4, 0.5) is 4.39 Å². The molecule has 1 aromatic carbocycles. The summed E-state index contributed by atoms with van der Waals surface area (Å²) in [6.07, 6.45) is 1.37. The van der Waals surface area contributed by atoms with E-state index in [-0.39, 0.29) is 5.56 Å². The first-order valence-electron chi connectivity index (χ1n) is 4.04. The zero-order valence-electron chi connectivity index (χ0n) is 7.41. The van der Waals surface area contributed by atoms with Gasteiger partial charge in [-0.25, -0.2) is 12.8 Å². The van der Waals surface area contributed by atoms with Crippen molar-refractivity contribution in [3.63, 3.8) is 0 Å². The average molecular weight is 249 g/mol. The van der Waals surface area contributed by atoms with Crippen molar-refractivity contribution in [2.24, 2.45) is 0 Å².